The van der Waals surface area contributed by atoms with Crippen molar-refractivity contribution >= 4 is 23.7 Å². The zero-order chi connectivity index (χ0) is 18.7. The largest absolute Gasteiger partial charge is 0.508 e. The molecule has 0 aliphatic heterocycles. The van der Waals surface area contributed by atoms with Gasteiger partial charge in [-0.15, -0.1) is 0 Å². The van der Waals surface area contributed by atoms with Gasteiger partial charge in [0.2, 0.25) is 0 Å². The lowest BCUT2D eigenvalue weighted by atomic mass is 10.2. The Bertz CT molecular complexity index is 1040. The van der Waals surface area contributed by atoms with Gasteiger partial charge >= 0.3 is 0 Å². The molecule has 0 fully saturated rings. The summed E-state index contributed by atoms with van der Waals surface area (Å²) in [6.07, 6.45) is 1.29. The van der Waals surface area contributed by atoms with Crippen LogP contribution in [0.3, 0.4) is 0 Å². The fraction of sp³-hybridized carbons (Fsp3) is 0.0556. The maximum atomic E-state index is 12.5. The predicted molar refractivity (Wildman–Crippen MR) is 99.3 cm³/mol. The summed E-state index contributed by atoms with van der Waals surface area (Å²) in [5.41, 5.74) is 3.87. The first-order valence-corrected chi connectivity index (χ1v) is 8.03. The molecule has 0 atom stereocenters. The van der Waals surface area contributed by atoms with E-state index >= 15 is 0 Å². The number of aromatic nitrogens is 2. The Morgan fingerprint density at radius 2 is 2.00 bits per heavy atom. The number of hydrazone groups is 1. The summed E-state index contributed by atoms with van der Waals surface area (Å²) >= 11 is 5.96. The molecular weight excluding hydrogens is 356 g/mol. The smallest absolute Gasteiger partial charge is 0.280 e. The summed E-state index contributed by atoms with van der Waals surface area (Å²) in [5.74, 6) is -0.390. The summed E-state index contributed by atoms with van der Waals surface area (Å²) in [6.45, 7) is 1.73. The first-order chi connectivity index (χ1) is 12.5. The highest BCUT2D eigenvalue weighted by molar-refractivity contribution is 6.30. The van der Waals surface area contributed by atoms with Crippen LogP contribution < -0.4 is 11.0 Å². The molecule has 132 valence electrons. The molecular formula is C18H15ClN4O3. The van der Waals surface area contributed by atoms with Gasteiger partial charge in [-0.2, -0.15) is 5.10 Å². The van der Waals surface area contributed by atoms with Gasteiger partial charge in [0.1, 0.15) is 5.75 Å². The quantitative estimate of drug-likeness (QED) is 0.486. The number of rotatable bonds is 4. The van der Waals surface area contributed by atoms with Crippen LogP contribution in [0.5, 0.6) is 5.75 Å². The van der Waals surface area contributed by atoms with Crippen molar-refractivity contribution in [1.82, 2.24) is 15.2 Å². The fourth-order valence-corrected chi connectivity index (χ4v) is 2.53. The molecule has 0 aliphatic rings. The van der Waals surface area contributed by atoms with Crippen molar-refractivity contribution in [3.63, 3.8) is 0 Å². The number of nitrogens with zero attached hydrogens (tertiary/aromatic N) is 2. The van der Waals surface area contributed by atoms with Crippen molar-refractivity contribution in [2.24, 2.45) is 5.10 Å². The third kappa shape index (κ3) is 3.68. The van der Waals surface area contributed by atoms with E-state index in [0.717, 1.165) is 0 Å². The summed E-state index contributed by atoms with van der Waals surface area (Å²) in [6, 6.07) is 12.6. The number of carbonyl (C=O) groups is 1. The fourth-order valence-electron chi connectivity index (χ4n) is 2.34. The van der Waals surface area contributed by atoms with Crippen molar-refractivity contribution in [3.05, 3.63) is 80.7 Å². The summed E-state index contributed by atoms with van der Waals surface area (Å²) in [4.78, 5) is 24.5. The SMILES string of the molecule is Cc1[nH]n(-c2cccc(Cl)c2)c(=O)c1/C=N/NC(=O)c1ccc(O)cc1. The molecule has 26 heavy (non-hydrogen) atoms. The molecule has 1 amide bonds. The first-order valence-electron chi connectivity index (χ1n) is 7.65. The Morgan fingerprint density at radius 1 is 1.27 bits per heavy atom. The molecule has 7 nitrogen and oxygen atoms in total. The number of H-pyrrole nitrogens is 1. The molecule has 0 radical (unpaired) electrons. The molecule has 0 bridgehead atoms. The maximum Gasteiger partial charge on any atom is 0.280 e. The van der Waals surface area contributed by atoms with Gasteiger partial charge in [-0.05, 0) is 49.4 Å². The second kappa shape index (κ2) is 7.28. The van der Waals surface area contributed by atoms with Crippen molar-refractivity contribution < 1.29 is 9.90 Å². The third-order valence-corrected chi connectivity index (χ3v) is 3.91. The molecule has 3 aromatic rings. The highest BCUT2D eigenvalue weighted by Gasteiger charge is 2.11. The summed E-state index contributed by atoms with van der Waals surface area (Å²) < 4.78 is 1.35. The number of nitrogens with one attached hydrogen (secondary N) is 2. The van der Waals surface area contributed by atoms with Crippen molar-refractivity contribution in [3.8, 4) is 11.4 Å². The highest BCUT2D eigenvalue weighted by atomic mass is 35.5. The first kappa shape index (κ1) is 17.5. The summed E-state index contributed by atoms with van der Waals surface area (Å²) in [5, 5.41) is 16.5. The number of amides is 1. The van der Waals surface area contributed by atoms with E-state index in [4.69, 9.17) is 11.6 Å². The van der Waals surface area contributed by atoms with Gasteiger partial charge in [0.25, 0.3) is 11.5 Å². The molecule has 3 N–H and O–H groups in total. The number of hydrogen-bond acceptors (Lipinski definition) is 4. The number of aryl methyl sites for hydroxylation is 1. The minimum atomic E-state index is -0.454. The number of aromatic hydroxyl groups is 1. The molecule has 8 heteroatoms. The second-order valence-corrected chi connectivity index (χ2v) is 5.95. The van der Waals surface area contributed by atoms with E-state index in [1.165, 1.54) is 35.2 Å². The van der Waals surface area contributed by atoms with E-state index in [2.05, 4.69) is 15.6 Å². The van der Waals surface area contributed by atoms with Crippen LogP contribution in [0.25, 0.3) is 5.69 Å². The standard InChI is InChI=1S/C18H15ClN4O3/c1-11-16(10-20-21-17(25)12-5-7-15(24)8-6-12)18(26)23(22-11)14-4-2-3-13(19)9-14/h2-10,22,24H,1H3,(H,21,25)/b20-10+. The van der Waals surface area contributed by atoms with Crippen LogP contribution in [-0.4, -0.2) is 27.0 Å². The molecule has 0 saturated heterocycles. The van der Waals surface area contributed by atoms with E-state index in [1.807, 2.05) is 0 Å². The molecule has 1 heterocycles. The van der Waals surface area contributed by atoms with Crippen LogP contribution >= 0.6 is 11.6 Å². The lowest BCUT2D eigenvalue weighted by Gasteiger charge is -2.01. The Labute approximate surface area is 153 Å². The monoisotopic (exact) mass is 370 g/mol. The van der Waals surface area contributed by atoms with Crippen LogP contribution in [0.2, 0.25) is 5.02 Å². The van der Waals surface area contributed by atoms with E-state index in [1.54, 1.807) is 31.2 Å². The minimum absolute atomic E-state index is 0.0644. The predicted octanol–water partition coefficient (Wildman–Crippen LogP) is 2.60. The third-order valence-electron chi connectivity index (χ3n) is 3.67. The van der Waals surface area contributed by atoms with E-state index in [-0.39, 0.29) is 11.3 Å². The maximum absolute atomic E-state index is 12.5. The number of carbonyl (C=O) groups excluding carboxylic acids is 1. The molecule has 0 saturated carbocycles. The Kier molecular flexibility index (Phi) is 4.90. The van der Waals surface area contributed by atoms with Gasteiger partial charge in [-0.3, -0.25) is 14.7 Å². The molecule has 0 aliphatic carbocycles. The number of phenols is 1. The van der Waals surface area contributed by atoms with Gasteiger partial charge in [0.15, 0.2) is 0 Å². The van der Waals surface area contributed by atoms with Gasteiger partial charge in [-0.25, -0.2) is 10.1 Å². The van der Waals surface area contributed by atoms with Crippen LogP contribution in [0.15, 0.2) is 58.4 Å². The number of hydrogen-bond donors (Lipinski definition) is 3. The van der Waals surface area contributed by atoms with Crippen molar-refractivity contribution in [2.45, 2.75) is 6.92 Å². The van der Waals surface area contributed by atoms with Gasteiger partial charge in [0, 0.05) is 16.3 Å². The average molecular weight is 371 g/mol. The van der Waals surface area contributed by atoms with Crippen molar-refractivity contribution in [2.75, 3.05) is 0 Å². The highest BCUT2D eigenvalue weighted by Crippen LogP contribution is 2.13. The summed E-state index contributed by atoms with van der Waals surface area (Å²) in [7, 11) is 0. The van der Waals surface area contributed by atoms with Crippen LogP contribution in [0.4, 0.5) is 0 Å². The molecule has 0 unspecified atom stereocenters. The lowest BCUT2D eigenvalue weighted by Crippen LogP contribution is -2.20. The topological polar surface area (TPSA) is 99.5 Å². The second-order valence-electron chi connectivity index (χ2n) is 5.52. The Morgan fingerprint density at radius 3 is 2.69 bits per heavy atom. The van der Waals surface area contributed by atoms with Crippen LogP contribution in [-0.2, 0) is 0 Å². The van der Waals surface area contributed by atoms with E-state index < -0.39 is 5.91 Å². The van der Waals surface area contributed by atoms with Crippen LogP contribution in [0.1, 0.15) is 21.6 Å². The zero-order valence-corrected chi connectivity index (χ0v) is 14.5. The average Bonchev–Trinajstić information content (AvgIpc) is 2.90. The Hall–Kier alpha value is -3.32. The minimum Gasteiger partial charge on any atom is -0.508 e. The lowest BCUT2D eigenvalue weighted by molar-refractivity contribution is 0.0955. The van der Waals surface area contributed by atoms with E-state index in [0.29, 0.717) is 27.5 Å². The molecule has 1 aromatic heterocycles. The van der Waals surface area contributed by atoms with Gasteiger partial charge in [0.05, 0.1) is 17.5 Å². The number of aromatic amines is 1. The Balaban J connectivity index is 1.80. The van der Waals surface area contributed by atoms with Gasteiger partial charge < -0.3 is 5.11 Å². The van der Waals surface area contributed by atoms with Crippen LogP contribution in [0, 0.1) is 6.92 Å². The number of benzene rings is 2. The number of phenolic OH excluding ortho intramolecular Hbond substituents is 1. The van der Waals surface area contributed by atoms with Crippen molar-refractivity contribution in [1.29, 1.82) is 0 Å². The molecule has 3 rings (SSSR count). The molecule has 2 aromatic carbocycles. The normalized spacial score (nSPS) is 11.0. The molecule has 0 spiro atoms. The number of halogens is 1. The zero-order valence-electron chi connectivity index (χ0n) is 13.7. The van der Waals surface area contributed by atoms with E-state index in [9.17, 15) is 14.7 Å². The van der Waals surface area contributed by atoms with Gasteiger partial charge in [-0.1, -0.05) is 17.7 Å².